The normalized spacial score (nSPS) is 24.8. The van der Waals surface area contributed by atoms with Gasteiger partial charge in [-0.15, -0.1) is 0 Å². The van der Waals surface area contributed by atoms with E-state index in [9.17, 15) is 9.90 Å². The van der Waals surface area contributed by atoms with Gasteiger partial charge >= 0.3 is 0 Å². The van der Waals surface area contributed by atoms with E-state index >= 15 is 0 Å². The molecule has 0 amide bonds. The average Bonchev–Trinajstić information content (AvgIpc) is 3.08. The maximum atomic E-state index is 12.1. The number of aromatic amines is 1. The number of nitrogens with zero attached hydrogens (tertiary/aromatic N) is 5. The maximum absolute atomic E-state index is 12.1. The molecule has 2 aromatic heterocycles. The van der Waals surface area contributed by atoms with E-state index in [1.54, 1.807) is 11.2 Å². The molecule has 1 fully saturated rings. The van der Waals surface area contributed by atoms with Gasteiger partial charge in [-0.3, -0.25) is 9.78 Å². The molecule has 1 aliphatic heterocycles. The Morgan fingerprint density at radius 3 is 3.04 bits per heavy atom. The second kappa shape index (κ2) is 6.09. The molecule has 1 saturated heterocycles. The van der Waals surface area contributed by atoms with Gasteiger partial charge in [0, 0.05) is 20.5 Å². The SMILES string of the molecule is CCC1OC(n2ncc3c(=O)[nH]c(N=CN(C)C)nc32)CC1O. The van der Waals surface area contributed by atoms with Crippen LogP contribution in [-0.2, 0) is 4.74 Å². The van der Waals surface area contributed by atoms with Crippen LogP contribution in [0.3, 0.4) is 0 Å². The molecule has 3 unspecified atom stereocenters. The van der Waals surface area contributed by atoms with Crippen molar-refractivity contribution in [1.29, 1.82) is 0 Å². The first-order valence-corrected chi connectivity index (χ1v) is 7.51. The highest BCUT2D eigenvalue weighted by molar-refractivity contribution is 5.74. The standard InChI is InChI=1S/C14H20N6O3/c1-4-10-9(21)5-11(23-10)20-12-8(6-16-20)13(22)18-14(17-12)15-7-19(2)3/h6-7,9-11,21H,4-5H2,1-3H3,(H,17,18,22). The predicted octanol–water partition coefficient (Wildman–Crippen LogP) is 0.399. The lowest BCUT2D eigenvalue weighted by molar-refractivity contribution is -0.0232. The smallest absolute Gasteiger partial charge is 0.263 e. The Morgan fingerprint density at radius 1 is 1.61 bits per heavy atom. The summed E-state index contributed by atoms with van der Waals surface area (Å²) in [5.41, 5.74) is 0.0892. The number of aliphatic hydroxyl groups excluding tert-OH is 1. The highest BCUT2D eigenvalue weighted by Crippen LogP contribution is 2.31. The molecule has 3 heterocycles. The summed E-state index contributed by atoms with van der Waals surface area (Å²) in [6.45, 7) is 1.95. The van der Waals surface area contributed by atoms with Crippen molar-refractivity contribution in [3.8, 4) is 0 Å². The van der Waals surface area contributed by atoms with Gasteiger partial charge in [-0.25, -0.2) is 9.67 Å². The van der Waals surface area contributed by atoms with Crippen LogP contribution in [0.1, 0.15) is 26.0 Å². The molecule has 23 heavy (non-hydrogen) atoms. The summed E-state index contributed by atoms with van der Waals surface area (Å²) in [7, 11) is 3.64. The van der Waals surface area contributed by atoms with Crippen LogP contribution < -0.4 is 5.56 Å². The molecule has 0 spiro atoms. The minimum absolute atomic E-state index is 0.198. The molecule has 0 aliphatic carbocycles. The topological polar surface area (TPSA) is 109 Å². The number of aromatic nitrogens is 4. The monoisotopic (exact) mass is 320 g/mol. The largest absolute Gasteiger partial charge is 0.390 e. The lowest BCUT2D eigenvalue weighted by Crippen LogP contribution is -2.19. The Balaban J connectivity index is 2.00. The Kier molecular flexibility index (Phi) is 4.14. The van der Waals surface area contributed by atoms with Crippen molar-refractivity contribution in [1.82, 2.24) is 24.6 Å². The van der Waals surface area contributed by atoms with Crippen molar-refractivity contribution in [3.63, 3.8) is 0 Å². The van der Waals surface area contributed by atoms with Crippen molar-refractivity contribution in [2.75, 3.05) is 14.1 Å². The molecule has 9 heteroatoms. The molecule has 3 atom stereocenters. The third kappa shape index (κ3) is 2.97. The highest BCUT2D eigenvalue weighted by Gasteiger charge is 2.35. The van der Waals surface area contributed by atoms with Crippen molar-refractivity contribution < 1.29 is 9.84 Å². The van der Waals surface area contributed by atoms with Crippen LogP contribution >= 0.6 is 0 Å². The Morgan fingerprint density at radius 2 is 2.39 bits per heavy atom. The van der Waals surface area contributed by atoms with Crippen LogP contribution in [0, 0.1) is 0 Å². The van der Waals surface area contributed by atoms with E-state index in [2.05, 4.69) is 20.1 Å². The molecule has 0 aromatic carbocycles. The van der Waals surface area contributed by atoms with Gasteiger partial charge in [0.25, 0.3) is 5.56 Å². The summed E-state index contributed by atoms with van der Waals surface area (Å²) in [6, 6.07) is 0. The van der Waals surface area contributed by atoms with Gasteiger partial charge in [-0.2, -0.15) is 10.1 Å². The van der Waals surface area contributed by atoms with E-state index in [0.29, 0.717) is 23.9 Å². The van der Waals surface area contributed by atoms with E-state index in [-0.39, 0.29) is 17.6 Å². The van der Waals surface area contributed by atoms with Gasteiger partial charge in [-0.05, 0) is 6.42 Å². The number of hydrogen-bond donors (Lipinski definition) is 2. The molecule has 0 radical (unpaired) electrons. The zero-order valence-corrected chi connectivity index (χ0v) is 13.3. The van der Waals surface area contributed by atoms with Gasteiger partial charge in [0.15, 0.2) is 11.9 Å². The number of fused-ring (bicyclic) bond motifs is 1. The molecule has 0 bridgehead atoms. The van der Waals surface area contributed by atoms with E-state index in [0.717, 1.165) is 0 Å². The van der Waals surface area contributed by atoms with Crippen LogP contribution in [-0.4, -0.2) is 62.4 Å². The summed E-state index contributed by atoms with van der Waals surface area (Å²) in [6.07, 6.45) is 2.92. The van der Waals surface area contributed by atoms with Gasteiger partial charge in [-0.1, -0.05) is 6.92 Å². The van der Waals surface area contributed by atoms with Crippen molar-refractivity contribution in [2.24, 2.45) is 4.99 Å². The quantitative estimate of drug-likeness (QED) is 0.623. The summed E-state index contributed by atoms with van der Waals surface area (Å²) in [4.78, 5) is 24.9. The molecule has 3 rings (SSSR count). The second-order valence-corrected chi connectivity index (χ2v) is 5.76. The number of rotatable bonds is 4. The Labute approximate surface area is 132 Å². The summed E-state index contributed by atoms with van der Waals surface area (Å²) in [5.74, 6) is 0.198. The first kappa shape index (κ1) is 15.6. The third-order valence-electron chi connectivity index (χ3n) is 3.74. The number of H-pyrrole nitrogens is 1. The molecule has 0 saturated carbocycles. The van der Waals surface area contributed by atoms with E-state index in [1.807, 2.05) is 21.0 Å². The summed E-state index contributed by atoms with van der Waals surface area (Å²) >= 11 is 0. The van der Waals surface area contributed by atoms with Crippen molar-refractivity contribution in [2.45, 2.75) is 38.2 Å². The Hall–Kier alpha value is -2.26. The number of ether oxygens (including phenoxy) is 1. The second-order valence-electron chi connectivity index (χ2n) is 5.76. The van der Waals surface area contributed by atoms with Crippen LogP contribution in [0.2, 0.25) is 0 Å². The zero-order valence-electron chi connectivity index (χ0n) is 13.3. The van der Waals surface area contributed by atoms with Crippen LogP contribution in [0.15, 0.2) is 16.0 Å². The molecule has 2 aromatic rings. The summed E-state index contributed by atoms with van der Waals surface area (Å²) in [5, 5.41) is 14.6. The zero-order chi connectivity index (χ0) is 16.6. The maximum Gasteiger partial charge on any atom is 0.263 e. The van der Waals surface area contributed by atoms with Crippen LogP contribution in [0.25, 0.3) is 11.0 Å². The van der Waals surface area contributed by atoms with E-state index < -0.39 is 12.3 Å². The predicted molar refractivity (Wildman–Crippen MR) is 84.8 cm³/mol. The molecule has 1 aliphatic rings. The van der Waals surface area contributed by atoms with E-state index in [4.69, 9.17) is 4.74 Å². The van der Waals surface area contributed by atoms with Crippen molar-refractivity contribution >= 4 is 23.3 Å². The molecule has 124 valence electrons. The fourth-order valence-electron chi connectivity index (χ4n) is 2.60. The number of aliphatic hydroxyl groups is 1. The van der Waals surface area contributed by atoms with Crippen LogP contribution in [0.5, 0.6) is 0 Å². The van der Waals surface area contributed by atoms with Gasteiger partial charge in [0.05, 0.1) is 24.7 Å². The highest BCUT2D eigenvalue weighted by atomic mass is 16.5. The summed E-state index contributed by atoms with van der Waals surface area (Å²) < 4.78 is 7.34. The van der Waals surface area contributed by atoms with E-state index in [1.165, 1.54) is 10.9 Å². The fraction of sp³-hybridized carbons (Fsp3) is 0.571. The number of hydrogen-bond acceptors (Lipinski definition) is 6. The minimum Gasteiger partial charge on any atom is -0.390 e. The first-order chi connectivity index (χ1) is 11.0. The molecular weight excluding hydrogens is 300 g/mol. The molecule has 9 nitrogen and oxygen atoms in total. The minimum atomic E-state index is -0.544. The lowest BCUT2D eigenvalue weighted by atomic mass is 10.1. The fourth-order valence-corrected chi connectivity index (χ4v) is 2.60. The van der Waals surface area contributed by atoms with Gasteiger partial charge in [0.1, 0.15) is 5.39 Å². The van der Waals surface area contributed by atoms with Crippen molar-refractivity contribution in [3.05, 3.63) is 16.6 Å². The number of nitrogens with one attached hydrogen (secondary N) is 1. The van der Waals surface area contributed by atoms with Gasteiger partial charge < -0.3 is 14.7 Å². The molecule has 2 N–H and O–H groups in total. The first-order valence-electron chi connectivity index (χ1n) is 7.51. The van der Waals surface area contributed by atoms with Gasteiger partial charge in [0.2, 0.25) is 5.95 Å². The van der Waals surface area contributed by atoms with Crippen LogP contribution in [0.4, 0.5) is 5.95 Å². The third-order valence-corrected chi connectivity index (χ3v) is 3.74. The average molecular weight is 320 g/mol. The number of aliphatic imine (C=N–C) groups is 1. The lowest BCUT2D eigenvalue weighted by Gasteiger charge is -2.13. The Bertz CT molecular complexity index is 780. The molecular formula is C14H20N6O3.